The molecular weight excluding hydrogens is 236 g/mol. The van der Waals surface area contributed by atoms with Gasteiger partial charge in [0.05, 0.1) is 32.3 Å². The van der Waals surface area contributed by atoms with E-state index in [9.17, 15) is 4.79 Å². The largest absolute Gasteiger partial charge is 0.458 e. The first kappa shape index (κ1) is 11.0. The van der Waals surface area contributed by atoms with Gasteiger partial charge in [0, 0.05) is 5.41 Å². The Kier molecular flexibility index (Phi) is 2.17. The van der Waals surface area contributed by atoms with Crippen LogP contribution in [-0.4, -0.2) is 43.8 Å². The number of fused-ring (bicyclic) bond motifs is 3. The molecule has 3 aliphatic heterocycles. The van der Waals surface area contributed by atoms with Crippen molar-refractivity contribution in [2.45, 2.75) is 37.3 Å². The molecule has 3 atom stereocenters. The molecule has 1 spiro atoms. The minimum absolute atomic E-state index is 0.136. The first-order valence-corrected chi connectivity index (χ1v) is 6.50. The van der Waals surface area contributed by atoms with E-state index < -0.39 is 5.79 Å². The van der Waals surface area contributed by atoms with Gasteiger partial charge in [-0.05, 0) is 25.0 Å². The van der Waals surface area contributed by atoms with Crippen molar-refractivity contribution in [3.63, 3.8) is 0 Å². The van der Waals surface area contributed by atoms with Crippen molar-refractivity contribution in [1.29, 1.82) is 0 Å². The minimum Gasteiger partial charge on any atom is -0.458 e. The Morgan fingerprint density at radius 1 is 1.33 bits per heavy atom. The summed E-state index contributed by atoms with van der Waals surface area (Å²) in [5.74, 6) is -0.899. The standard InChI is InChI=1S/C13H16O5/c14-11-7-12(6-10-8-15-10)5-9(18-11)1-2-13(12)16-3-4-17-13/h1-2,9-10H,3-8H2. The molecule has 3 heterocycles. The lowest BCUT2D eigenvalue weighted by Gasteiger charge is -2.50. The van der Waals surface area contributed by atoms with Gasteiger partial charge in [-0.2, -0.15) is 0 Å². The van der Waals surface area contributed by atoms with E-state index in [4.69, 9.17) is 18.9 Å². The van der Waals surface area contributed by atoms with Gasteiger partial charge in [-0.1, -0.05) is 0 Å². The Balaban J connectivity index is 1.75. The third kappa shape index (κ3) is 1.47. The summed E-state index contributed by atoms with van der Waals surface area (Å²) in [7, 11) is 0. The van der Waals surface area contributed by atoms with Crippen LogP contribution < -0.4 is 0 Å². The number of hydrogen-bond acceptors (Lipinski definition) is 5. The number of esters is 1. The maximum Gasteiger partial charge on any atom is 0.307 e. The van der Waals surface area contributed by atoms with Crippen LogP contribution in [0.3, 0.4) is 0 Å². The molecule has 4 aliphatic rings. The van der Waals surface area contributed by atoms with E-state index in [2.05, 4.69) is 0 Å². The van der Waals surface area contributed by atoms with E-state index in [0.717, 1.165) is 19.4 Å². The van der Waals surface area contributed by atoms with Crippen LogP contribution in [0.25, 0.3) is 0 Å². The molecule has 18 heavy (non-hydrogen) atoms. The maximum atomic E-state index is 11.8. The van der Waals surface area contributed by atoms with Crippen LogP contribution in [0.4, 0.5) is 0 Å². The van der Waals surface area contributed by atoms with Crippen LogP contribution in [0.2, 0.25) is 0 Å². The number of rotatable bonds is 2. The number of epoxide rings is 1. The molecule has 0 aromatic rings. The predicted molar refractivity (Wildman–Crippen MR) is 59.7 cm³/mol. The molecule has 4 rings (SSSR count). The number of ether oxygens (including phenoxy) is 4. The topological polar surface area (TPSA) is 57.3 Å². The van der Waals surface area contributed by atoms with Crippen molar-refractivity contribution in [1.82, 2.24) is 0 Å². The van der Waals surface area contributed by atoms with Gasteiger partial charge >= 0.3 is 5.97 Å². The summed E-state index contributed by atoms with van der Waals surface area (Å²) in [6.07, 6.45) is 5.89. The summed E-state index contributed by atoms with van der Waals surface area (Å²) in [4.78, 5) is 11.8. The lowest BCUT2D eigenvalue weighted by atomic mass is 9.65. The van der Waals surface area contributed by atoms with E-state index in [1.807, 2.05) is 12.2 Å². The van der Waals surface area contributed by atoms with Gasteiger partial charge < -0.3 is 18.9 Å². The Morgan fingerprint density at radius 2 is 2.11 bits per heavy atom. The van der Waals surface area contributed by atoms with Crippen LogP contribution in [0.5, 0.6) is 0 Å². The van der Waals surface area contributed by atoms with Gasteiger partial charge in [-0.3, -0.25) is 4.79 Å². The molecule has 2 bridgehead atoms. The third-order valence-electron chi connectivity index (χ3n) is 4.36. The predicted octanol–water partition coefficient (Wildman–Crippen LogP) is 0.780. The molecule has 3 unspecified atom stereocenters. The molecule has 5 nitrogen and oxygen atoms in total. The molecule has 0 aromatic carbocycles. The van der Waals surface area contributed by atoms with Crippen LogP contribution in [0.15, 0.2) is 12.2 Å². The highest BCUT2D eigenvalue weighted by Crippen LogP contribution is 2.55. The summed E-state index contributed by atoms with van der Waals surface area (Å²) in [6.45, 7) is 1.94. The lowest BCUT2D eigenvalue weighted by Crippen LogP contribution is -2.56. The summed E-state index contributed by atoms with van der Waals surface area (Å²) >= 11 is 0. The zero-order chi connectivity index (χ0) is 12.2. The van der Waals surface area contributed by atoms with Gasteiger partial charge in [-0.15, -0.1) is 0 Å². The first-order chi connectivity index (χ1) is 8.71. The second kappa shape index (κ2) is 3.56. The molecule has 0 N–H and O–H groups in total. The zero-order valence-corrected chi connectivity index (χ0v) is 10.1. The van der Waals surface area contributed by atoms with E-state index in [-0.39, 0.29) is 23.6 Å². The van der Waals surface area contributed by atoms with Crippen LogP contribution in [-0.2, 0) is 23.7 Å². The Hall–Kier alpha value is -0.910. The molecule has 0 saturated carbocycles. The molecule has 5 heteroatoms. The molecular formula is C13H16O5. The molecule has 3 saturated heterocycles. The fourth-order valence-corrected chi connectivity index (χ4v) is 3.52. The molecule has 1 aliphatic carbocycles. The molecule has 0 aromatic heterocycles. The average Bonchev–Trinajstić information content (AvgIpc) is 3.00. The second-order valence-electron chi connectivity index (χ2n) is 5.57. The molecule has 3 fully saturated rings. The van der Waals surface area contributed by atoms with E-state index in [1.54, 1.807) is 0 Å². The summed E-state index contributed by atoms with van der Waals surface area (Å²) in [5.41, 5.74) is -0.320. The van der Waals surface area contributed by atoms with Crippen molar-refractivity contribution in [3.8, 4) is 0 Å². The van der Waals surface area contributed by atoms with Gasteiger partial charge in [0.1, 0.15) is 6.10 Å². The average molecular weight is 252 g/mol. The highest BCUT2D eigenvalue weighted by atomic mass is 16.7. The van der Waals surface area contributed by atoms with Crippen molar-refractivity contribution in [2.75, 3.05) is 19.8 Å². The van der Waals surface area contributed by atoms with Gasteiger partial charge in [0.2, 0.25) is 0 Å². The smallest absolute Gasteiger partial charge is 0.307 e. The summed E-state index contributed by atoms with van der Waals surface area (Å²) < 4.78 is 22.4. The highest BCUT2D eigenvalue weighted by molar-refractivity contribution is 5.72. The number of hydrogen-bond donors (Lipinski definition) is 0. The Labute approximate surface area is 105 Å². The van der Waals surface area contributed by atoms with Crippen molar-refractivity contribution < 1.29 is 23.7 Å². The van der Waals surface area contributed by atoms with Crippen LogP contribution in [0.1, 0.15) is 19.3 Å². The van der Waals surface area contributed by atoms with Gasteiger partial charge in [0.25, 0.3) is 0 Å². The number of carbonyl (C=O) groups excluding carboxylic acids is 1. The Morgan fingerprint density at radius 3 is 2.83 bits per heavy atom. The molecule has 0 radical (unpaired) electrons. The van der Waals surface area contributed by atoms with Gasteiger partial charge in [-0.25, -0.2) is 0 Å². The van der Waals surface area contributed by atoms with Crippen LogP contribution >= 0.6 is 0 Å². The lowest BCUT2D eigenvalue weighted by molar-refractivity contribution is -0.239. The zero-order valence-electron chi connectivity index (χ0n) is 10.1. The minimum atomic E-state index is -0.741. The Bertz CT molecular complexity index is 408. The quantitative estimate of drug-likeness (QED) is 0.413. The van der Waals surface area contributed by atoms with Crippen LogP contribution in [0, 0.1) is 5.41 Å². The SMILES string of the molecule is O=C1CC2(CC3CO3)CC(C=CC23OCCO3)O1. The van der Waals surface area contributed by atoms with Crippen molar-refractivity contribution in [2.24, 2.45) is 5.41 Å². The van der Waals surface area contributed by atoms with Crippen molar-refractivity contribution in [3.05, 3.63) is 12.2 Å². The fourth-order valence-electron chi connectivity index (χ4n) is 3.52. The maximum absolute atomic E-state index is 11.8. The highest BCUT2D eigenvalue weighted by Gasteiger charge is 2.61. The van der Waals surface area contributed by atoms with Gasteiger partial charge in [0.15, 0.2) is 5.79 Å². The number of carbonyl (C=O) groups is 1. The normalized spacial score (nSPS) is 44.1. The summed E-state index contributed by atoms with van der Waals surface area (Å²) in [5, 5.41) is 0. The van der Waals surface area contributed by atoms with E-state index >= 15 is 0 Å². The second-order valence-corrected chi connectivity index (χ2v) is 5.57. The van der Waals surface area contributed by atoms with E-state index in [1.165, 1.54) is 0 Å². The van der Waals surface area contributed by atoms with E-state index in [0.29, 0.717) is 19.6 Å². The van der Waals surface area contributed by atoms with Crippen molar-refractivity contribution >= 4 is 5.97 Å². The molecule has 98 valence electrons. The third-order valence-corrected chi connectivity index (χ3v) is 4.36. The summed E-state index contributed by atoms with van der Waals surface area (Å²) in [6, 6.07) is 0. The first-order valence-electron chi connectivity index (χ1n) is 6.50. The fraction of sp³-hybridized carbons (Fsp3) is 0.769. The molecule has 0 amide bonds. The monoisotopic (exact) mass is 252 g/mol.